The van der Waals surface area contributed by atoms with Crippen molar-refractivity contribution in [1.82, 2.24) is 13.9 Å². The monoisotopic (exact) mass is 550 g/mol. The van der Waals surface area contributed by atoms with Gasteiger partial charge in [0.15, 0.2) is 5.16 Å². The van der Waals surface area contributed by atoms with Gasteiger partial charge in [0.1, 0.15) is 0 Å². The Morgan fingerprint density at radius 3 is 2.45 bits per heavy atom. The van der Waals surface area contributed by atoms with Crippen LogP contribution in [0.1, 0.15) is 30.9 Å². The first-order valence-corrected chi connectivity index (χ1v) is 14.5. The maximum atomic E-state index is 13.6. The molecule has 0 spiro atoms. The summed E-state index contributed by atoms with van der Waals surface area (Å²) in [4.78, 5) is 31.5. The lowest BCUT2D eigenvalue weighted by Crippen LogP contribution is -2.24. The molecule has 1 aromatic heterocycles. The van der Waals surface area contributed by atoms with Gasteiger partial charge in [0, 0.05) is 19.8 Å². The number of amides is 1. The maximum absolute atomic E-state index is 13.6. The number of benzene rings is 3. The highest BCUT2D eigenvalue weighted by Crippen LogP contribution is 2.28. The Morgan fingerprint density at radius 1 is 1.05 bits per heavy atom. The summed E-state index contributed by atoms with van der Waals surface area (Å²) in [5.74, 6) is -0.207. The van der Waals surface area contributed by atoms with Crippen molar-refractivity contribution in [3.05, 3.63) is 88.2 Å². The number of hydrogen-bond acceptors (Lipinski definition) is 6. The topological polar surface area (TPSA) is 101 Å². The van der Waals surface area contributed by atoms with Gasteiger partial charge in [0.25, 0.3) is 5.56 Å². The van der Waals surface area contributed by atoms with Gasteiger partial charge in [-0.1, -0.05) is 62.0 Å². The Bertz CT molecular complexity index is 1680. The summed E-state index contributed by atoms with van der Waals surface area (Å²) in [5, 5.41) is 3.71. The van der Waals surface area contributed by atoms with Crippen LogP contribution in [-0.2, 0) is 14.8 Å². The second-order valence-corrected chi connectivity index (χ2v) is 12.5. The summed E-state index contributed by atoms with van der Waals surface area (Å²) < 4.78 is 27.8. The molecule has 0 aliphatic rings. The summed E-state index contributed by atoms with van der Waals surface area (Å²) in [6, 6.07) is 19.5. The Labute approximate surface area is 226 Å². The van der Waals surface area contributed by atoms with Crippen molar-refractivity contribution in [3.63, 3.8) is 0 Å². The highest BCUT2D eigenvalue weighted by Gasteiger charge is 2.20. The predicted octanol–water partition coefficient (Wildman–Crippen LogP) is 4.80. The first kappa shape index (κ1) is 27.6. The SMILES string of the molecule is Cc1ccc(S(=O)(=O)N(C)C)cc1NC(=O)CSc1nc2ccccc2c(=O)n1-c1ccccc1C(C)C. The molecule has 0 aliphatic carbocycles. The van der Waals surface area contributed by atoms with E-state index in [0.717, 1.165) is 32.9 Å². The average Bonchev–Trinajstić information content (AvgIpc) is 2.88. The number of aromatic nitrogens is 2. The Kier molecular flexibility index (Phi) is 8.05. The summed E-state index contributed by atoms with van der Waals surface area (Å²) in [6.45, 7) is 5.91. The number of carbonyl (C=O) groups is 1. The average molecular weight is 551 g/mol. The zero-order chi connectivity index (χ0) is 27.6. The molecule has 1 heterocycles. The molecule has 0 aliphatic heterocycles. The van der Waals surface area contributed by atoms with Gasteiger partial charge in [0.05, 0.1) is 27.2 Å². The van der Waals surface area contributed by atoms with Crippen LogP contribution in [0.5, 0.6) is 0 Å². The van der Waals surface area contributed by atoms with Gasteiger partial charge in [-0.15, -0.1) is 0 Å². The fraction of sp³-hybridized carbons (Fsp3) is 0.250. The number of para-hydroxylation sites is 2. The predicted molar refractivity (Wildman–Crippen MR) is 153 cm³/mol. The lowest BCUT2D eigenvalue weighted by Gasteiger charge is -2.18. The standard InChI is InChI=1S/C28H30N4O4S2/c1-18(2)21-10-7-9-13-25(21)32-27(34)22-11-6-8-12-23(22)30-28(32)37-17-26(33)29-24-16-20(15-14-19(24)3)38(35,36)31(4)5/h6-16,18H,17H2,1-5H3,(H,29,33). The van der Waals surface area contributed by atoms with E-state index in [1.165, 1.54) is 26.2 Å². The number of thioether (sulfide) groups is 1. The first-order valence-electron chi connectivity index (χ1n) is 12.1. The molecule has 0 saturated heterocycles. The van der Waals surface area contributed by atoms with E-state index in [9.17, 15) is 18.0 Å². The van der Waals surface area contributed by atoms with Crippen molar-refractivity contribution < 1.29 is 13.2 Å². The summed E-state index contributed by atoms with van der Waals surface area (Å²) in [5.41, 5.74) is 3.21. The second kappa shape index (κ2) is 11.1. The van der Waals surface area contributed by atoms with E-state index < -0.39 is 10.0 Å². The van der Waals surface area contributed by atoms with Crippen LogP contribution in [0.25, 0.3) is 16.6 Å². The second-order valence-electron chi connectivity index (χ2n) is 9.37. The zero-order valence-corrected chi connectivity index (χ0v) is 23.6. The van der Waals surface area contributed by atoms with Crippen LogP contribution in [0.3, 0.4) is 0 Å². The third-order valence-electron chi connectivity index (χ3n) is 6.14. The Morgan fingerprint density at radius 2 is 1.74 bits per heavy atom. The van der Waals surface area contributed by atoms with Gasteiger partial charge in [-0.2, -0.15) is 0 Å². The Balaban J connectivity index is 1.68. The largest absolute Gasteiger partial charge is 0.325 e. The lowest BCUT2D eigenvalue weighted by atomic mass is 10.0. The fourth-order valence-corrected chi connectivity index (χ4v) is 5.76. The summed E-state index contributed by atoms with van der Waals surface area (Å²) in [7, 11) is -0.740. The highest BCUT2D eigenvalue weighted by molar-refractivity contribution is 7.99. The molecule has 1 N–H and O–H groups in total. The lowest BCUT2D eigenvalue weighted by molar-refractivity contribution is -0.113. The van der Waals surface area contributed by atoms with Crippen molar-refractivity contribution in [2.75, 3.05) is 25.2 Å². The van der Waals surface area contributed by atoms with Crippen LogP contribution in [0.2, 0.25) is 0 Å². The molecule has 38 heavy (non-hydrogen) atoms. The minimum Gasteiger partial charge on any atom is -0.325 e. The van der Waals surface area contributed by atoms with E-state index in [-0.39, 0.29) is 28.0 Å². The number of hydrogen-bond donors (Lipinski definition) is 1. The van der Waals surface area contributed by atoms with E-state index in [0.29, 0.717) is 21.7 Å². The number of nitrogens with one attached hydrogen (secondary N) is 1. The number of nitrogens with zero attached hydrogens (tertiary/aromatic N) is 3. The van der Waals surface area contributed by atoms with Gasteiger partial charge in [0.2, 0.25) is 15.9 Å². The molecular formula is C28H30N4O4S2. The molecule has 0 radical (unpaired) electrons. The van der Waals surface area contributed by atoms with E-state index in [1.807, 2.05) is 30.3 Å². The molecule has 0 unspecified atom stereocenters. The van der Waals surface area contributed by atoms with Crippen molar-refractivity contribution in [3.8, 4) is 5.69 Å². The molecule has 0 fully saturated rings. The quantitative estimate of drug-likeness (QED) is 0.250. The minimum atomic E-state index is -3.65. The van der Waals surface area contributed by atoms with Crippen LogP contribution in [0.15, 0.2) is 81.6 Å². The highest BCUT2D eigenvalue weighted by atomic mass is 32.2. The molecule has 0 atom stereocenters. The van der Waals surface area contributed by atoms with E-state index in [4.69, 9.17) is 4.98 Å². The number of fused-ring (bicyclic) bond motifs is 1. The Hall–Kier alpha value is -3.47. The first-order chi connectivity index (χ1) is 18.0. The van der Waals surface area contributed by atoms with Crippen molar-refractivity contribution in [2.45, 2.75) is 36.7 Å². The summed E-state index contributed by atoms with van der Waals surface area (Å²) >= 11 is 1.15. The van der Waals surface area contributed by atoms with E-state index in [1.54, 1.807) is 35.8 Å². The smallest absolute Gasteiger partial charge is 0.266 e. The molecule has 1 amide bonds. The molecule has 8 nitrogen and oxygen atoms in total. The maximum Gasteiger partial charge on any atom is 0.266 e. The zero-order valence-electron chi connectivity index (χ0n) is 21.9. The fourth-order valence-electron chi connectivity index (χ4n) is 4.02. The van der Waals surface area contributed by atoms with Gasteiger partial charge in [-0.05, 0) is 54.3 Å². The van der Waals surface area contributed by atoms with Crippen molar-refractivity contribution in [2.24, 2.45) is 0 Å². The van der Waals surface area contributed by atoms with Gasteiger partial charge in [-0.3, -0.25) is 14.2 Å². The van der Waals surface area contributed by atoms with E-state index >= 15 is 0 Å². The molecule has 10 heteroatoms. The van der Waals surface area contributed by atoms with Crippen LogP contribution >= 0.6 is 11.8 Å². The van der Waals surface area contributed by atoms with Crippen LogP contribution in [0, 0.1) is 6.92 Å². The van der Waals surface area contributed by atoms with Gasteiger partial charge in [-0.25, -0.2) is 17.7 Å². The van der Waals surface area contributed by atoms with Crippen molar-refractivity contribution in [1.29, 1.82) is 0 Å². The number of rotatable bonds is 8. The molecule has 4 aromatic rings. The summed E-state index contributed by atoms with van der Waals surface area (Å²) in [6.07, 6.45) is 0. The van der Waals surface area contributed by atoms with Crippen LogP contribution in [-0.4, -0.2) is 48.0 Å². The number of carbonyl (C=O) groups excluding carboxylic acids is 1. The number of anilines is 1. The molecule has 198 valence electrons. The molecule has 0 bridgehead atoms. The normalized spacial score (nSPS) is 11.9. The molecule has 3 aromatic carbocycles. The van der Waals surface area contributed by atoms with Gasteiger partial charge >= 0.3 is 0 Å². The minimum absolute atomic E-state index is 0.0290. The third-order valence-corrected chi connectivity index (χ3v) is 8.89. The van der Waals surface area contributed by atoms with Crippen LogP contribution < -0.4 is 10.9 Å². The molecule has 4 rings (SSSR count). The molecular weight excluding hydrogens is 520 g/mol. The third kappa shape index (κ3) is 5.52. The van der Waals surface area contributed by atoms with Crippen molar-refractivity contribution >= 4 is 44.3 Å². The number of sulfonamides is 1. The van der Waals surface area contributed by atoms with E-state index in [2.05, 4.69) is 19.2 Å². The number of aryl methyl sites for hydroxylation is 1. The molecule has 0 saturated carbocycles. The van der Waals surface area contributed by atoms with Crippen LogP contribution in [0.4, 0.5) is 5.69 Å². The van der Waals surface area contributed by atoms with Gasteiger partial charge < -0.3 is 5.32 Å².